The number of ether oxygens (including phenoxy) is 1. The molecular formula is C23H31N5O4. The maximum Gasteiger partial charge on any atom is 0.269 e. The SMILES string of the molecule is COc1ccc(CCNC(=NCc2ccc([N+](=O)[O-])cc2)NCC(=O)NC(C)(C)C)cc1. The minimum absolute atomic E-state index is 0.0348. The lowest BCUT2D eigenvalue weighted by molar-refractivity contribution is -0.384. The van der Waals surface area contributed by atoms with E-state index in [0.29, 0.717) is 19.0 Å². The molecule has 0 aliphatic heterocycles. The minimum Gasteiger partial charge on any atom is -0.497 e. The van der Waals surface area contributed by atoms with Gasteiger partial charge in [0.2, 0.25) is 5.91 Å². The molecule has 0 saturated carbocycles. The van der Waals surface area contributed by atoms with E-state index in [1.165, 1.54) is 12.1 Å². The molecule has 0 fully saturated rings. The number of nitro groups is 1. The number of carbonyl (C=O) groups excluding carboxylic acids is 1. The van der Waals surface area contributed by atoms with Crippen LogP contribution in [0.4, 0.5) is 5.69 Å². The van der Waals surface area contributed by atoms with E-state index in [0.717, 1.165) is 23.3 Å². The summed E-state index contributed by atoms with van der Waals surface area (Å²) in [6.07, 6.45) is 0.760. The second-order valence-electron chi connectivity index (χ2n) is 8.26. The lowest BCUT2D eigenvalue weighted by Gasteiger charge is -2.21. The van der Waals surface area contributed by atoms with Crippen LogP contribution in [-0.4, -0.2) is 42.5 Å². The molecule has 0 aliphatic carbocycles. The van der Waals surface area contributed by atoms with Gasteiger partial charge < -0.3 is 20.7 Å². The van der Waals surface area contributed by atoms with Crippen LogP contribution >= 0.6 is 0 Å². The summed E-state index contributed by atoms with van der Waals surface area (Å²) in [4.78, 5) is 27.1. The fourth-order valence-electron chi connectivity index (χ4n) is 2.81. The molecule has 2 rings (SSSR count). The molecule has 0 saturated heterocycles. The van der Waals surface area contributed by atoms with Crippen molar-refractivity contribution in [3.63, 3.8) is 0 Å². The molecule has 32 heavy (non-hydrogen) atoms. The molecular weight excluding hydrogens is 410 g/mol. The number of hydrogen-bond donors (Lipinski definition) is 3. The highest BCUT2D eigenvalue weighted by atomic mass is 16.6. The number of aliphatic imine (C=N–C) groups is 1. The summed E-state index contributed by atoms with van der Waals surface area (Å²) in [5, 5.41) is 20.0. The van der Waals surface area contributed by atoms with Crippen LogP contribution in [-0.2, 0) is 17.8 Å². The van der Waals surface area contributed by atoms with Crippen molar-refractivity contribution < 1.29 is 14.5 Å². The van der Waals surface area contributed by atoms with Crippen molar-refractivity contribution in [2.24, 2.45) is 4.99 Å². The number of hydrogen-bond acceptors (Lipinski definition) is 5. The van der Waals surface area contributed by atoms with Gasteiger partial charge in [-0.1, -0.05) is 24.3 Å². The van der Waals surface area contributed by atoms with Crippen molar-refractivity contribution >= 4 is 17.6 Å². The van der Waals surface area contributed by atoms with Gasteiger partial charge in [-0.05, 0) is 50.5 Å². The molecule has 0 atom stereocenters. The smallest absolute Gasteiger partial charge is 0.269 e. The number of nitrogens with one attached hydrogen (secondary N) is 3. The van der Waals surface area contributed by atoms with Gasteiger partial charge in [0.1, 0.15) is 5.75 Å². The van der Waals surface area contributed by atoms with Crippen LogP contribution in [0.2, 0.25) is 0 Å². The van der Waals surface area contributed by atoms with Gasteiger partial charge in [-0.15, -0.1) is 0 Å². The zero-order chi connectivity index (χ0) is 23.6. The number of amides is 1. The van der Waals surface area contributed by atoms with Crippen LogP contribution in [0.3, 0.4) is 0 Å². The average molecular weight is 442 g/mol. The molecule has 0 aliphatic rings. The number of methoxy groups -OCH3 is 1. The number of guanidine groups is 1. The zero-order valence-corrected chi connectivity index (χ0v) is 19.0. The van der Waals surface area contributed by atoms with Crippen molar-refractivity contribution in [3.05, 3.63) is 69.8 Å². The maximum absolute atomic E-state index is 12.2. The molecule has 1 amide bonds. The van der Waals surface area contributed by atoms with Gasteiger partial charge in [-0.25, -0.2) is 4.99 Å². The Morgan fingerprint density at radius 3 is 2.22 bits per heavy atom. The number of nitro benzene ring substituents is 1. The first-order valence-electron chi connectivity index (χ1n) is 10.4. The van der Waals surface area contributed by atoms with Crippen LogP contribution in [0.1, 0.15) is 31.9 Å². The highest BCUT2D eigenvalue weighted by Crippen LogP contribution is 2.13. The summed E-state index contributed by atoms with van der Waals surface area (Å²) in [7, 11) is 1.63. The van der Waals surface area contributed by atoms with E-state index in [2.05, 4.69) is 20.9 Å². The monoisotopic (exact) mass is 441 g/mol. The van der Waals surface area contributed by atoms with Gasteiger partial charge in [0.15, 0.2) is 5.96 Å². The van der Waals surface area contributed by atoms with Crippen molar-refractivity contribution in [1.82, 2.24) is 16.0 Å². The second kappa shape index (κ2) is 11.7. The Bertz CT molecular complexity index is 919. The fraction of sp³-hybridized carbons (Fsp3) is 0.391. The third-order valence-corrected chi connectivity index (χ3v) is 4.36. The number of nitrogens with zero attached hydrogens (tertiary/aromatic N) is 2. The third-order valence-electron chi connectivity index (χ3n) is 4.36. The van der Waals surface area contributed by atoms with E-state index < -0.39 is 4.92 Å². The van der Waals surface area contributed by atoms with Crippen LogP contribution in [0, 0.1) is 10.1 Å². The predicted molar refractivity (Wildman–Crippen MR) is 125 cm³/mol. The van der Waals surface area contributed by atoms with Crippen molar-refractivity contribution in [2.45, 2.75) is 39.3 Å². The molecule has 0 unspecified atom stereocenters. The molecule has 2 aromatic rings. The Kier molecular flexibility index (Phi) is 9.00. The van der Waals surface area contributed by atoms with Crippen LogP contribution in [0.25, 0.3) is 0 Å². The van der Waals surface area contributed by atoms with Gasteiger partial charge in [0.05, 0.1) is 25.1 Å². The lowest BCUT2D eigenvalue weighted by Crippen LogP contribution is -2.48. The quantitative estimate of drug-likeness (QED) is 0.238. The summed E-state index contributed by atoms with van der Waals surface area (Å²) < 4.78 is 5.18. The van der Waals surface area contributed by atoms with E-state index in [-0.39, 0.29) is 23.7 Å². The number of carbonyl (C=O) groups is 1. The van der Waals surface area contributed by atoms with Crippen LogP contribution in [0.5, 0.6) is 5.75 Å². The van der Waals surface area contributed by atoms with Crippen LogP contribution in [0.15, 0.2) is 53.5 Å². The van der Waals surface area contributed by atoms with E-state index in [1.54, 1.807) is 19.2 Å². The zero-order valence-electron chi connectivity index (χ0n) is 19.0. The topological polar surface area (TPSA) is 118 Å². The largest absolute Gasteiger partial charge is 0.497 e. The standard InChI is InChI=1S/C23H31N5O4/c1-23(2,3)27-21(29)16-26-22(24-14-13-17-7-11-20(32-4)12-8-17)25-15-18-5-9-19(10-6-18)28(30)31/h5-12H,13-16H2,1-4H3,(H,27,29)(H2,24,25,26). The molecule has 0 spiro atoms. The molecule has 9 heteroatoms. The normalized spacial score (nSPS) is 11.6. The van der Waals surface area contributed by atoms with E-state index in [1.807, 2.05) is 45.0 Å². The van der Waals surface area contributed by atoms with E-state index >= 15 is 0 Å². The Morgan fingerprint density at radius 1 is 1.03 bits per heavy atom. The van der Waals surface area contributed by atoms with Crippen molar-refractivity contribution in [3.8, 4) is 5.75 Å². The van der Waals surface area contributed by atoms with Crippen molar-refractivity contribution in [2.75, 3.05) is 20.2 Å². The molecule has 0 radical (unpaired) electrons. The fourth-order valence-corrected chi connectivity index (χ4v) is 2.81. The van der Waals surface area contributed by atoms with Gasteiger partial charge in [-0.3, -0.25) is 14.9 Å². The minimum atomic E-state index is -0.436. The third kappa shape index (κ3) is 9.03. The Balaban J connectivity index is 1.99. The Morgan fingerprint density at radius 2 is 1.66 bits per heavy atom. The summed E-state index contributed by atoms with van der Waals surface area (Å²) in [6, 6.07) is 14.1. The molecule has 0 aromatic heterocycles. The van der Waals surface area contributed by atoms with Crippen molar-refractivity contribution in [1.29, 1.82) is 0 Å². The summed E-state index contributed by atoms with van der Waals surface area (Å²) >= 11 is 0. The number of benzene rings is 2. The average Bonchev–Trinajstić information content (AvgIpc) is 2.74. The van der Waals surface area contributed by atoms with Gasteiger partial charge >= 0.3 is 0 Å². The molecule has 9 nitrogen and oxygen atoms in total. The molecule has 2 aromatic carbocycles. The number of non-ortho nitro benzene ring substituents is 1. The van der Waals surface area contributed by atoms with Gasteiger partial charge in [0.25, 0.3) is 5.69 Å². The van der Waals surface area contributed by atoms with E-state index in [4.69, 9.17) is 4.74 Å². The first kappa shape index (κ1) is 24.6. The van der Waals surface area contributed by atoms with E-state index in [9.17, 15) is 14.9 Å². The highest BCUT2D eigenvalue weighted by Gasteiger charge is 2.14. The maximum atomic E-state index is 12.2. The summed E-state index contributed by atoms with van der Waals surface area (Å²) in [5.41, 5.74) is 1.67. The summed E-state index contributed by atoms with van der Waals surface area (Å²) in [5.74, 6) is 1.15. The van der Waals surface area contributed by atoms with Gasteiger partial charge in [0, 0.05) is 24.2 Å². The van der Waals surface area contributed by atoms with Gasteiger partial charge in [-0.2, -0.15) is 0 Å². The van der Waals surface area contributed by atoms with Crippen LogP contribution < -0.4 is 20.7 Å². The highest BCUT2D eigenvalue weighted by molar-refractivity contribution is 5.86. The summed E-state index contributed by atoms with van der Waals surface area (Å²) in [6.45, 7) is 6.76. The first-order valence-corrected chi connectivity index (χ1v) is 10.4. The Labute approximate surface area is 188 Å². The Hall–Kier alpha value is -3.62. The number of rotatable bonds is 9. The predicted octanol–water partition coefficient (Wildman–Crippen LogP) is 2.80. The molecule has 172 valence electrons. The lowest BCUT2D eigenvalue weighted by atomic mass is 10.1. The molecule has 3 N–H and O–H groups in total. The second-order valence-corrected chi connectivity index (χ2v) is 8.26. The molecule has 0 bridgehead atoms. The first-order chi connectivity index (χ1) is 15.2. The molecule has 0 heterocycles.